The molecule has 2 aromatic carbocycles. The summed E-state index contributed by atoms with van der Waals surface area (Å²) in [5.41, 5.74) is 2.98. The fourth-order valence-electron chi connectivity index (χ4n) is 4.51. The number of hydrogen-bond donors (Lipinski definition) is 1. The van der Waals surface area contributed by atoms with Gasteiger partial charge in [-0.25, -0.2) is 4.98 Å². The Labute approximate surface area is 170 Å². The Bertz CT molecular complexity index is 1110. The van der Waals surface area contributed by atoms with E-state index in [1.165, 1.54) is 5.56 Å². The first kappa shape index (κ1) is 17.7. The van der Waals surface area contributed by atoms with Crippen LogP contribution >= 0.6 is 0 Å². The molecule has 5 rings (SSSR count). The third-order valence-corrected chi connectivity index (χ3v) is 5.93. The molecule has 4 aromatic rings. The van der Waals surface area contributed by atoms with Crippen LogP contribution in [0.25, 0.3) is 10.9 Å². The Kier molecular flexibility index (Phi) is 4.64. The second-order valence-corrected chi connectivity index (χ2v) is 7.75. The summed E-state index contributed by atoms with van der Waals surface area (Å²) < 4.78 is 4.25. The summed E-state index contributed by atoms with van der Waals surface area (Å²) in [6.45, 7) is 0.673. The minimum atomic E-state index is -0.00542. The Hall–Kier alpha value is -3.34. The lowest BCUT2D eigenvalue weighted by Crippen LogP contribution is -2.39. The molecule has 1 amide bonds. The molecule has 29 heavy (non-hydrogen) atoms. The van der Waals surface area contributed by atoms with Gasteiger partial charge in [-0.3, -0.25) is 4.79 Å². The summed E-state index contributed by atoms with van der Waals surface area (Å²) in [5, 5.41) is 4.40. The van der Waals surface area contributed by atoms with Gasteiger partial charge in [0, 0.05) is 35.9 Å². The minimum absolute atomic E-state index is 0.00542. The summed E-state index contributed by atoms with van der Waals surface area (Å²) in [6.07, 6.45) is 8.81. The maximum atomic E-state index is 13.3. The lowest BCUT2D eigenvalue weighted by Gasteiger charge is -2.22. The molecule has 2 aromatic heterocycles. The van der Waals surface area contributed by atoms with Crippen molar-refractivity contribution in [1.82, 2.24) is 19.4 Å². The number of benzene rings is 2. The molecule has 0 radical (unpaired) electrons. The number of rotatable bonds is 5. The van der Waals surface area contributed by atoms with E-state index in [0.717, 1.165) is 30.2 Å². The number of nitrogens with one attached hydrogen (secondary N) is 1. The van der Waals surface area contributed by atoms with Crippen molar-refractivity contribution in [3.05, 3.63) is 90.6 Å². The highest BCUT2D eigenvalue weighted by molar-refractivity contribution is 5.99. The quantitative estimate of drug-likeness (QED) is 0.554. The Morgan fingerprint density at radius 1 is 1.07 bits per heavy atom. The van der Waals surface area contributed by atoms with Gasteiger partial charge in [-0.15, -0.1) is 0 Å². The van der Waals surface area contributed by atoms with E-state index < -0.39 is 0 Å². The van der Waals surface area contributed by atoms with Crippen LogP contribution < -0.4 is 5.32 Å². The third kappa shape index (κ3) is 3.44. The first-order valence-electron chi connectivity index (χ1n) is 10.2. The van der Waals surface area contributed by atoms with E-state index in [1.807, 2.05) is 48.9 Å². The van der Waals surface area contributed by atoms with E-state index in [4.69, 9.17) is 0 Å². The molecule has 2 heterocycles. The van der Waals surface area contributed by atoms with Crippen molar-refractivity contribution in [3.63, 3.8) is 0 Å². The van der Waals surface area contributed by atoms with Gasteiger partial charge in [0.1, 0.15) is 5.69 Å². The van der Waals surface area contributed by atoms with Crippen LogP contribution in [0.15, 0.2) is 79.4 Å². The fourth-order valence-corrected chi connectivity index (χ4v) is 4.51. The molecule has 1 aliphatic carbocycles. The number of imidazole rings is 1. The number of para-hydroxylation sites is 1. The average molecular weight is 384 g/mol. The van der Waals surface area contributed by atoms with Gasteiger partial charge in [-0.05, 0) is 37.0 Å². The summed E-state index contributed by atoms with van der Waals surface area (Å²) in [4.78, 5) is 17.5. The van der Waals surface area contributed by atoms with E-state index in [0.29, 0.717) is 12.2 Å². The Balaban J connectivity index is 1.46. The van der Waals surface area contributed by atoms with Gasteiger partial charge in [-0.1, -0.05) is 48.5 Å². The van der Waals surface area contributed by atoms with Gasteiger partial charge in [0.25, 0.3) is 5.91 Å². The Morgan fingerprint density at radius 2 is 1.90 bits per heavy atom. The molecule has 0 saturated heterocycles. The van der Waals surface area contributed by atoms with Crippen molar-refractivity contribution >= 4 is 16.8 Å². The van der Waals surface area contributed by atoms with E-state index in [1.54, 1.807) is 6.20 Å². The van der Waals surface area contributed by atoms with E-state index in [2.05, 4.69) is 43.7 Å². The maximum Gasteiger partial charge on any atom is 0.268 e. The molecule has 5 heteroatoms. The summed E-state index contributed by atoms with van der Waals surface area (Å²) in [5.74, 6) is -0.00542. The lowest BCUT2D eigenvalue weighted by atomic mass is 10.1. The van der Waals surface area contributed by atoms with Crippen LogP contribution in [0.4, 0.5) is 0 Å². The number of carbonyl (C=O) groups is 1. The highest BCUT2D eigenvalue weighted by Crippen LogP contribution is 2.30. The molecule has 1 aliphatic rings. The first-order valence-corrected chi connectivity index (χ1v) is 10.2. The molecule has 1 N–H and O–H groups in total. The van der Waals surface area contributed by atoms with Crippen molar-refractivity contribution < 1.29 is 4.79 Å². The second-order valence-electron chi connectivity index (χ2n) is 7.75. The molecule has 0 spiro atoms. The van der Waals surface area contributed by atoms with Crippen molar-refractivity contribution in [2.24, 2.45) is 0 Å². The van der Waals surface area contributed by atoms with Crippen LogP contribution in [-0.2, 0) is 6.54 Å². The highest BCUT2D eigenvalue weighted by atomic mass is 16.2. The van der Waals surface area contributed by atoms with Crippen molar-refractivity contribution in [2.75, 3.05) is 0 Å². The van der Waals surface area contributed by atoms with Crippen LogP contribution in [0.1, 0.15) is 41.4 Å². The van der Waals surface area contributed by atoms with Crippen LogP contribution in [0.2, 0.25) is 0 Å². The van der Waals surface area contributed by atoms with Gasteiger partial charge in [0.05, 0.1) is 12.4 Å². The van der Waals surface area contributed by atoms with Gasteiger partial charge < -0.3 is 14.5 Å². The monoisotopic (exact) mass is 384 g/mol. The number of carbonyl (C=O) groups excluding carboxylic acids is 1. The number of nitrogens with zero attached hydrogens (tertiary/aromatic N) is 3. The first-order chi connectivity index (χ1) is 14.3. The molecule has 5 nitrogen and oxygen atoms in total. The van der Waals surface area contributed by atoms with Crippen molar-refractivity contribution in [2.45, 2.75) is 37.9 Å². The molecule has 0 aliphatic heterocycles. The molecule has 1 saturated carbocycles. The zero-order valence-electron chi connectivity index (χ0n) is 16.2. The normalized spacial score (nSPS) is 18.9. The smallest absolute Gasteiger partial charge is 0.268 e. The molecular weight excluding hydrogens is 360 g/mol. The molecule has 1 fully saturated rings. The molecule has 0 unspecified atom stereocenters. The largest absolute Gasteiger partial charge is 0.346 e. The number of hydrogen-bond acceptors (Lipinski definition) is 2. The number of amides is 1. The van der Waals surface area contributed by atoms with E-state index >= 15 is 0 Å². The Morgan fingerprint density at radius 3 is 2.72 bits per heavy atom. The molecule has 2 atom stereocenters. The van der Waals surface area contributed by atoms with Crippen LogP contribution in [0.5, 0.6) is 0 Å². The van der Waals surface area contributed by atoms with Gasteiger partial charge in [-0.2, -0.15) is 0 Å². The number of fused-ring (bicyclic) bond motifs is 1. The zero-order chi connectivity index (χ0) is 19.6. The van der Waals surface area contributed by atoms with Crippen LogP contribution in [0, 0.1) is 0 Å². The summed E-state index contributed by atoms with van der Waals surface area (Å²) in [6, 6.07) is 20.9. The van der Waals surface area contributed by atoms with Gasteiger partial charge in [0.15, 0.2) is 0 Å². The minimum Gasteiger partial charge on any atom is -0.346 e. The highest BCUT2D eigenvalue weighted by Gasteiger charge is 2.30. The summed E-state index contributed by atoms with van der Waals surface area (Å²) in [7, 11) is 0. The average Bonchev–Trinajstić information content (AvgIpc) is 3.49. The lowest BCUT2D eigenvalue weighted by molar-refractivity contribution is 0.0920. The second kappa shape index (κ2) is 7.59. The van der Waals surface area contributed by atoms with Crippen molar-refractivity contribution in [1.29, 1.82) is 0 Å². The molecular formula is C24H24N4O. The van der Waals surface area contributed by atoms with Gasteiger partial charge in [0.2, 0.25) is 0 Å². The van der Waals surface area contributed by atoms with Crippen LogP contribution in [-0.4, -0.2) is 26.1 Å². The SMILES string of the molecule is O=C(N[C@H]1CCC[C@H]1n1ccnc1)c1cc2ccccc2n1Cc1ccccc1. The zero-order valence-corrected chi connectivity index (χ0v) is 16.2. The predicted octanol–water partition coefficient (Wildman–Crippen LogP) is 4.41. The predicted molar refractivity (Wildman–Crippen MR) is 114 cm³/mol. The van der Waals surface area contributed by atoms with Gasteiger partial charge >= 0.3 is 0 Å². The number of aromatic nitrogens is 3. The topological polar surface area (TPSA) is 51.9 Å². The maximum absolute atomic E-state index is 13.3. The molecule has 0 bridgehead atoms. The van der Waals surface area contributed by atoms with Crippen LogP contribution in [0.3, 0.4) is 0 Å². The molecule has 146 valence electrons. The standard InChI is InChI=1S/C24H24N4O/c29-24(26-20-10-6-12-22(20)27-14-13-25-17-27)23-15-19-9-4-5-11-21(19)28(23)16-18-7-2-1-3-8-18/h1-5,7-9,11,13-15,17,20,22H,6,10,12,16H2,(H,26,29)/t20-,22+/m0/s1. The summed E-state index contributed by atoms with van der Waals surface area (Å²) >= 11 is 0. The van der Waals surface area contributed by atoms with E-state index in [9.17, 15) is 4.79 Å². The van der Waals surface area contributed by atoms with E-state index in [-0.39, 0.29) is 18.0 Å². The van der Waals surface area contributed by atoms with Crippen molar-refractivity contribution in [3.8, 4) is 0 Å². The fraction of sp³-hybridized carbons (Fsp3) is 0.250. The third-order valence-electron chi connectivity index (χ3n) is 5.93.